The summed E-state index contributed by atoms with van der Waals surface area (Å²) in [6, 6.07) is 6.07. The number of benzene rings is 1. The molecule has 1 amide bonds. The average molecular weight is 454 g/mol. The molecule has 0 aliphatic heterocycles. The van der Waals surface area contributed by atoms with E-state index >= 15 is 0 Å². The van der Waals surface area contributed by atoms with Gasteiger partial charge in [0.1, 0.15) is 6.61 Å². The first-order valence-corrected chi connectivity index (χ1v) is 11.6. The predicted octanol–water partition coefficient (Wildman–Crippen LogP) is 2.23. The number of ether oxygens (including phenoxy) is 2. The summed E-state index contributed by atoms with van der Waals surface area (Å²) in [5.41, 5.74) is 0.429. The molecule has 30 heavy (non-hydrogen) atoms. The van der Waals surface area contributed by atoms with Crippen LogP contribution in [0.2, 0.25) is 0 Å². The largest absolute Gasteiger partial charge is 0.393 e. The molecule has 1 saturated carbocycles. The first-order valence-electron chi connectivity index (χ1n) is 9.24. The third-order valence-corrected chi connectivity index (χ3v) is 7.39. The van der Waals surface area contributed by atoms with Gasteiger partial charge in [0, 0.05) is 26.0 Å². The van der Waals surface area contributed by atoms with Gasteiger partial charge >= 0.3 is 0 Å². The molecule has 0 bridgehead atoms. The first-order chi connectivity index (χ1) is 14.5. The van der Waals surface area contributed by atoms with Gasteiger partial charge in [0.15, 0.2) is 20.7 Å². The number of carbonyl (C=O) groups is 1. The number of oxime groups is 1. The third-order valence-electron chi connectivity index (χ3n) is 4.23. The topological polar surface area (TPSA) is 116 Å². The predicted molar refractivity (Wildman–Crippen MR) is 112 cm³/mol. The van der Waals surface area contributed by atoms with E-state index < -0.39 is 15.7 Å². The lowest BCUT2D eigenvalue weighted by atomic mass is 10.1. The van der Waals surface area contributed by atoms with Crippen LogP contribution in [0.1, 0.15) is 23.3 Å². The number of amides is 1. The summed E-state index contributed by atoms with van der Waals surface area (Å²) in [7, 11) is -0.208. The molecule has 1 N–H and O–H groups in total. The number of methoxy groups -OCH3 is 2. The molecule has 0 radical (unpaired) electrons. The van der Waals surface area contributed by atoms with Crippen LogP contribution < -0.4 is 5.32 Å². The van der Waals surface area contributed by atoms with Crippen molar-refractivity contribution in [2.45, 2.75) is 29.6 Å². The van der Waals surface area contributed by atoms with Gasteiger partial charge in [-0.25, -0.2) is 13.4 Å². The Labute approximate surface area is 179 Å². The summed E-state index contributed by atoms with van der Waals surface area (Å²) < 4.78 is 34.7. The van der Waals surface area contributed by atoms with E-state index in [9.17, 15) is 13.2 Å². The lowest BCUT2D eigenvalue weighted by Gasteiger charge is -2.08. The Bertz CT molecular complexity index is 998. The number of carbonyl (C=O) groups excluding carboxylic acids is 1. The smallest absolute Gasteiger partial charge is 0.280 e. The summed E-state index contributed by atoms with van der Waals surface area (Å²) in [5.74, 6) is -0.525. The van der Waals surface area contributed by atoms with Gasteiger partial charge in [-0.2, -0.15) is 0 Å². The lowest BCUT2D eigenvalue weighted by Crippen LogP contribution is -2.24. The Kier molecular flexibility index (Phi) is 7.53. The highest BCUT2D eigenvalue weighted by atomic mass is 32.2. The van der Waals surface area contributed by atoms with Crippen LogP contribution in [0.15, 0.2) is 40.5 Å². The summed E-state index contributed by atoms with van der Waals surface area (Å²) in [4.78, 5) is 23.2. The van der Waals surface area contributed by atoms with E-state index in [0.29, 0.717) is 36.8 Å². The quantitative estimate of drug-likeness (QED) is 0.315. The van der Waals surface area contributed by atoms with Gasteiger partial charge in [-0.3, -0.25) is 10.1 Å². The van der Waals surface area contributed by atoms with Crippen LogP contribution in [0.4, 0.5) is 5.13 Å². The molecular formula is C19H23N3O6S2. The monoisotopic (exact) mass is 453 g/mol. The Morgan fingerprint density at radius 2 is 1.93 bits per heavy atom. The van der Waals surface area contributed by atoms with Gasteiger partial charge in [-0.05, 0) is 25.0 Å². The average Bonchev–Trinajstić information content (AvgIpc) is 3.51. The molecular weight excluding hydrogens is 430 g/mol. The number of sulfone groups is 1. The number of aromatic nitrogens is 1. The van der Waals surface area contributed by atoms with Gasteiger partial charge in [0.25, 0.3) is 5.91 Å². The van der Waals surface area contributed by atoms with E-state index in [4.69, 9.17) is 14.3 Å². The van der Waals surface area contributed by atoms with Gasteiger partial charge in [0.2, 0.25) is 0 Å². The molecule has 9 nitrogen and oxygen atoms in total. The highest BCUT2D eigenvalue weighted by Crippen LogP contribution is 2.33. The fraction of sp³-hybridized carbons (Fsp3) is 0.421. The number of nitrogens with zero attached hydrogens (tertiary/aromatic N) is 2. The second-order valence-electron chi connectivity index (χ2n) is 6.55. The van der Waals surface area contributed by atoms with E-state index in [1.54, 1.807) is 25.4 Å². The highest BCUT2D eigenvalue weighted by molar-refractivity contribution is 7.92. The van der Waals surface area contributed by atoms with Crippen molar-refractivity contribution in [3.63, 3.8) is 0 Å². The fourth-order valence-corrected chi connectivity index (χ4v) is 5.00. The maximum absolute atomic E-state index is 12.8. The van der Waals surface area contributed by atoms with Crippen molar-refractivity contribution in [1.29, 1.82) is 0 Å². The zero-order chi connectivity index (χ0) is 21.6. The Hall–Kier alpha value is -2.34. The Morgan fingerprint density at radius 3 is 2.57 bits per heavy atom. The number of anilines is 1. The fourth-order valence-electron chi connectivity index (χ4n) is 2.56. The SMILES string of the molecule is COCCON=C(C(=O)Nc1ncc(COC)s1)c1ccc(S(=O)(=O)C2CC2)cc1. The van der Waals surface area contributed by atoms with Crippen molar-refractivity contribution in [3.05, 3.63) is 40.9 Å². The van der Waals surface area contributed by atoms with Crippen LogP contribution >= 0.6 is 11.3 Å². The van der Waals surface area contributed by atoms with Crippen LogP contribution in [-0.2, 0) is 35.5 Å². The van der Waals surface area contributed by atoms with E-state index in [1.165, 1.54) is 30.6 Å². The summed E-state index contributed by atoms with van der Waals surface area (Å²) in [6.07, 6.45) is 2.99. The van der Waals surface area contributed by atoms with E-state index in [-0.39, 0.29) is 22.5 Å². The van der Waals surface area contributed by atoms with Crippen LogP contribution in [0.3, 0.4) is 0 Å². The number of nitrogens with one attached hydrogen (secondary N) is 1. The van der Waals surface area contributed by atoms with Gasteiger partial charge in [-0.1, -0.05) is 28.6 Å². The van der Waals surface area contributed by atoms with Crippen molar-refractivity contribution >= 4 is 37.9 Å². The number of hydrogen-bond donors (Lipinski definition) is 1. The van der Waals surface area contributed by atoms with Gasteiger partial charge < -0.3 is 14.3 Å². The molecule has 0 atom stereocenters. The van der Waals surface area contributed by atoms with Crippen LogP contribution in [-0.4, -0.2) is 57.7 Å². The normalized spacial score (nSPS) is 14.5. The molecule has 1 aliphatic rings. The molecule has 0 spiro atoms. The maximum atomic E-state index is 12.8. The maximum Gasteiger partial charge on any atom is 0.280 e. The van der Waals surface area contributed by atoms with Crippen molar-refractivity contribution in [2.75, 3.05) is 32.8 Å². The molecule has 0 saturated heterocycles. The van der Waals surface area contributed by atoms with Crippen molar-refractivity contribution in [3.8, 4) is 0 Å². The second kappa shape index (κ2) is 10.1. The molecule has 0 unspecified atom stereocenters. The van der Waals surface area contributed by atoms with Gasteiger partial charge in [-0.15, -0.1) is 0 Å². The van der Waals surface area contributed by atoms with Crippen LogP contribution in [0, 0.1) is 0 Å². The molecule has 11 heteroatoms. The molecule has 1 heterocycles. The second-order valence-corrected chi connectivity index (χ2v) is 9.90. The zero-order valence-corrected chi connectivity index (χ0v) is 18.3. The van der Waals surface area contributed by atoms with Crippen molar-refractivity contribution < 1.29 is 27.5 Å². The van der Waals surface area contributed by atoms with Crippen molar-refractivity contribution in [2.24, 2.45) is 5.16 Å². The summed E-state index contributed by atoms with van der Waals surface area (Å²) in [5, 5.41) is 6.71. The lowest BCUT2D eigenvalue weighted by molar-refractivity contribution is -0.110. The van der Waals surface area contributed by atoms with E-state index in [1.807, 2.05) is 0 Å². The number of thiazole rings is 1. The number of rotatable bonds is 11. The Morgan fingerprint density at radius 1 is 1.20 bits per heavy atom. The molecule has 1 aromatic heterocycles. The first kappa shape index (κ1) is 22.3. The molecule has 3 rings (SSSR count). The highest BCUT2D eigenvalue weighted by Gasteiger charge is 2.36. The minimum Gasteiger partial charge on any atom is -0.393 e. The number of hydrogen-bond acceptors (Lipinski definition) is 9. The minimum absolute atomic E-state index is 0.00460. The standard InChI is InChI=1S/C19H23N3O6S2/c1-26-9-10-28-22-17(18(23)21-19-20-11-14(29-19)12-27-2)13-3-5-15(6-4-13)30(24,25)16-7-8-16/h3-6,11,16H,7-10,12H2,1-2H3,(H,20,21,23). The van der Waals surface area contributed by atoms with E-state index in [0.717, 1.165) is 4.88 Å². The molecule has 1 aliphatic carbocycles. The molecule has 1 aromatic carbocycles. The zero-order valence-electron chi connectivity index (χ0n) is 16.7. The van der Waals surface area contributed by atoms with Crippen molar-refractivity contribution in [1.82, 2.24) is 4.98 Å². The third kappa shape index (κ3) is 5.63. The van der Waals surface area contributed by atoms with E-state index in [2.05, 4.69) is 15.5 Å². The van der Waals surface area contributed by atoms with Crippen LogP contribution in [0.25, 0.3) is 0 Å². The minimum atomic E-state index is -3.31. The Balaban J connectivity index is 1.79. The molecule has 162 valence electrons. The van der Waals surface area contributed by atoms with Gasteiger partial charge in [0.05, 0.1) is 28.2 Å². The van der Waals surface area contributed by atoms with Crippen LogP contribution in [0.5, 0.6) is 0 Å². The molecule has 1 fully saturated rings. The molecule has 2 aromatic rings. The summed E-state index contributed by atoms with van der Waals surface area (Å²) in [6.45, 7) is 0.867. The summed E-state index contributed by atoms with van der Waals surface area (Å²) >= 11 is 1.28.